The third kappa shape index (κ3) is 6.33. The Balaban J connectivity index is 2.46. The van der Waals surface area contributed by atoms with Crippen molar-refractivity contribution in [1.82, 2.24) is 14.7 Å². The van der Waals surface area contributed by atoms with Gasteiger partial charge in [0, 0.05) is 39.3 Å². The van der Waals surface area contributed by atoms with Gasteiger partial charge in [0.1, 0.15) is 0 Å². The third-order valence-electron chi connectivity index (χ3n) is 3.84. The molecule has 0 aliphatic carbocycles. The molecule has 0 saturated carbocycles. The summed E-state index contributed by atoms with van der Waals surface area (Å²) in [6.07, 6.45) is 4.24. The van der Waals surface area contributed by atoms with Crippen molar-refractivity contribution >= 4 is 12.0 Å². The predicted octanol–water partition coefficient (Wildman–Crippen LogP) is 1.71. The number of rotatable bonds is 8. The summed E-state index contributed by atoms with van der Waals surface area (Å²) >= 11 is 0. The smallest absolute Gasteiger partial charge is 0.320 e. The number of aliphatic carboxylic acids is 1. The van der Waals surface area contributed by atoms with Crippen LogP contribution in [0.15, 0.2) is 0 Å². The average Bonchev–Trinajstić information content (AvgIpc) is 2.47. The number of nitrogens with zero attached hydrogens (tertiary/aromatic N) is 3. The third-order valence-corrected chi connectivity index (χ3v) is 3.84. The minimum atomic E-state index is -0.803. The molecule has 0 aromatic carbocycles. The van der Waals surface area contributed by atoms with Crippen LogP contribution < -0.4 is 0 Å². The highest BCUT2D eigenvalue weighted by Crippen LogP contribution is 2.08. The van der Waals surface area contributed by atoms with E-state index in [0.29, 0.717) is 26.2 Å². The maximum atomic E-state index is 12.6. The van der Waals surface area contributed by atoms with Gasteiger partial charge in [-0.05, 0) is 12.8 Å². The highest BCUT2D eigenvalue weighted by molar-refractivity contribution is 5.74. The summed E-state index contributed by atoms with van der Waals surface area (Å²) in [5, 5.41) is 8.79. The van der Waals surface area contributed by atoms with E-state index in [9.17, 15) is 9.59 Å². The number of piperazine rings is 1. The lowest BCUT2D eigenvalue weighted by Crippen LogP contribution is -2.53. The Labute approximate surface area is 127 Å². The number of unbranched alkanes of at least 4 members (excludes halogenated alkanes) is 2. The molecule has 2 amide bonds. The van der Waals surface area contributed by atoms with Gasteiger partial charge in [0.05, 0.1) is 6.54 Å². The molecule has 1 aliphatic rings. The van der Waals surface area contributed by atoms with Crippen molar-refractivity contribution in [3.8, 4) is 0 Å². The first-order valence-electron chi connectivity index (χ1n) is 8.06. The topological polar surface area (TPSA) is 64.1 Å². The molecule has 0 bridgehead atoms. The number of amides is 2. The van der Waals surface area contributed by atoms with Crippen LogP contribution in [0.1, 0.15) is 39.5 Å². The molecule has 0 radical (unpaired) electrons. The lowest BCUT2D eigenvalue weighted by molar-refractivity contribution is -0.138. The first-order chi connectivity index (χ1) is 10.1. The predicted molar refractivity (Wildman–Crippen MR) is 82.4 cm³/mol. The summed E-state index contributed by atoms with van der Waals surface area (Å²) in [6, 6.07) is 0.117. The van der Waals surface area contributed by atoms with Crippen molar-refractivity contribution in [3.63, 3.8) is 0 Å². The molecule has 1 fully saturated rings. The molecule has 21 heavy (non-hydrogen) atoms. The van der Waals surface area contributed by atoms with Gasteiger partial charge in [-0.2, -0.15) is 0 Å². The molecule has 1 N–H and O–H groups in total. The average molecular weight is 299 g/mol. The number of carbonyl (C=O) groups excluding carboxylic acids is 1. The molecule has 122 valence electrons. The van der Waals surface area contributed by atoms with E-state index in [1.807, 2.05) is 14.7 Å². The molecule has 0 atom stereocenters. The first kappa shape index (κ1) is 17.8. The van der Waals surface area contributed by atoms with Gasteiger partial charge in [0.2, 0.25) is 0 Å². The fraction of sp³-hybridized carbons (Fsp3) is 0.867. The summed E-state index contributed by atoms with van der Waals surface area (Å²) in [5.41, 5.74) is 0. The largest absolute Gasteiger partial charge is 0.480 e. The second-order valence-electron chi connectivity index (χ2n) is 5.63. The van der Waals surface area contributed by atoms with Crippen molar-refractivity contribution in [1.29, 1.82) is 0 Å². The summed E-state index contributed by atoms with van der Waals surface area (Å²) in [4.78, 5) is 29.0. The summed E-state index contributed by atoms with van der Waals surface area (Å²) in [6.45, 7) is 8.52. The zero-order valence-electron chi connectivity index (χ0n) is 13.4. The van der Waals surface area contributed by atoms with E-state index in [4.69, 9.17) is 5.11 Å². The molecule has 0 spiro atoms. The zero-order chi connectivity index (χ0) is 15.7. The zero-order valence-corrected chi connectivity index (χ0v) is 13.4. The Morgan fingerprint density at radius 2 is 1.52 bits per heavy atom. The van der Waals surface area contributed by atoms with Crippen LogP contribution in [0.4, 0.5) is 4.79 Å². The molecule has 0 aromatic rings. The van der Waals surface area contributed by atoms with Crippen molar-refractivity contribution < 1.29 is 14.7 Å². The van der Waals surface area contributed by atoms with Crippen LogP contribution in [0.5, 0.6) is 0 Å². The van der Waals surface area contributed by atoms with Crippen molar-refractivity contribution in [2.24, 2.45) is 0 Å². The van der Waals surface area contributed by atoms with Crippen molar-refractivity contribution in [2.75, 3.05) is 45.8 Å². The fourth-order valence-corrected chi connectivity index (χ4v) is 2.49. The molecular formula is C15H29N3O3. The number of hydrogen-bond donors (Lipinski definition) is 1. The Kier molecular flexibility index (Phi) is 8.12. The lowest BCUT2D eigenvalue weighted by atomic mass is 10.2. The Morgan fingerprint density at radius 1 is 1.00 bits per heavy atom. The highest BCUT2D eigenvalue weighted by atomic mass is 16.4. The fourth-order valence-electron chi connectivity index (χ4n) is 2.49. The molecule has 1 rings (SSSR count). The molecule has 1 saturated heterocycles. The van der Waals surface area contributed by atoms with Crippen LogP contribution in [0.25, 0.3) is 0 Å². The van der Waals surface area contributed by atoms with Gasteiger partial charge in [0.15, 0.2) is 0 Å². The summed E-state index contributed by atoms with van der Waals surface area (Å²) in [7, 11) is 0. The van der Waals surface area contributed by atoms with Crippen LogP contribution >= 0.6 is 0 Å². The van der Waals surface area contributed by atoms with Gasteiger partial charge >= 0.3 is 12.0 Å². The molecular weight excluding hydrogens is 270 g/mol. The Morgan fingerprint density at radius 3 is 1.95 bits per heavy atom. The summed E-state index contributed by atoms with van der Waals surface area (Å²) < 4.78 is 0. The maximum Gasteiger partial charge on any atom is 0.320 e. The van der Waals surface area contributed by atoms with Crippen LogP contribution in [0.2, 0.25) is 0 Å². The van der Waals surface area contributed by atoms with E-state index in [2.05, 4.69) is 13.8 Å². The minimum absolute atomic E-state index is 0.0669. The monoisotopic (exact) mass is 299 g/mol. The van der Waals surface area contributed by atoms with Crippen LogP contribution in [-0.2, 0) is 4.79 Å². The molecule has 1 aliphatic heterocycles. The normalized spacial score (nSPS) is 16.0. The number of hydrogen-bond acceptors (Lipinski definition) is 3. The van der Waals surface area contributed by atoms with Crippen molar-refractivity contribution in [2.45, 2.75) is 39.5 Å². The quantitative estimate of drug-likeness (QED) is 0.741. The lowest BCUT2D eigenvalue weighted by Gasteiger charge is -2.37. The van der Waals surface area contributed by atoms with Gasteiger partial charge in [0.25, 0.3) is 0 Å². The van der Waals surface area contributed by atoms with E-state index in [-0.39, 0.29) is 12.6 Å². The standard InChI is InChI=1S/C15H29N3O3/c1-3-5-7-17(8-6-4-2)15(21)18-11-9-16(10-12-18)13-14(19)20/h3-13H2,1-2H3,(H,19,20). The van der Waals surface area contributed by atoms with Crippen molar-refractivity contribution in [3.05, 3.63) is 0 Å². The molecule has 6 nitrogen and oxygen atoms in total. The van der Waals surface area contributed by atoms with Gasteiger partial charge in [-0.25, -0.2) is 4.79 Å². The number of urea groups is 1. The van der Waals surface area contributed by atoms with E-state index >= 15 is 0 Å². The Bertz CT molecular complexity index is 320. The SMILES string of the molecule is CCCCN(CCCC)C(=O)N1CCN(CC(=O)O)CC1. The van der Waals surface area contributed by atoms with E-state index in [1.165, 1.54) is 0 Å². The second kappa shape index (κ2) is 9.60. The van der Waals surface area contributed by atoms with Crippen LogP contribution in [-0.4, -0.2) is 77.6 Å². The van der Waals surface area contributed by atoms with Crippen LogP contribution in [0, 0.1) is 0 Å². The van der Waals surface area contributed by atoms with E-state index in [1.54, 1.807) is 0 Å². The molecule has 1 heterocycles. The minimum Gasteiger partial charge on any atom is -0.480 e. The van der Waals surface area contributed by atoms with Gasteiger partial charge in [-0.3, -0.25) is 9.69 Å². The van der Waals surface area contributed by atoms with Gasteiger partial charge in [-0.1, -0.05) is 26.7 Å². The molecule has 6 heteroatoms. The van der Waals surface area contributed by atoms with E-state index in [0.717, 1.165) is 38.8 Å². The highest BCUT2D eigenvalue weighted by Gasteiger charge is 2.25. The summed E-state index contributed by atoms with van der Waals surface area (Å²) in [5.74, 6) is -0.803. The van der Waals surface area contributed by atoms with E-state index < -0.39 is 5.97 Å². The van der Waals surface area contributed by atoms with Gasteiger partial charge in [-0.15, -0.1) is 0 Å². The maximum absolute atomic E-state index is 12.6. The number of carboxylic acids is 1. The molecule has 0 aromatic heterocycles. The second-order valence-corrected chi connectivity index (χ2v) is 5.63. The van der Waals surface area contributed by atoms with Gasteiger partial charge < -0.3 is 14.9 Å². The molecule has 0 unspecified atom stereocenters. The number of carbonyl (C=O) groups is 2. The number of carboxylic acid groups (broad SMARTS) is 1. The Hall–Kier alpha value is -1.30. The van der Waals surface area contributed by atoms with Crippen LogP contribution in [0.3, 0.4) is 0 Å². The first-order valence-corrected chi connectivity index (χ1v) is 8.06.